The van der Waals surface area contributed by atoms with Gasteiger partial charge < -0.3 is 9.31 Å². The molecule has 0 N–H and O–H groups in total. The lowest BCUT2D eigenvalue weighted by atomic mass is 9.88. The van der Waals surface area contributed by atoms with E-state index in [1.807, 2.05) is 11.3 Å². The second-order valence-electron chi connectivity index (χ2n) is 8.25. The van der Waals surface area contributed by atoms with Crippen molar-refractivity contribution >= 4 is 23.2 Å². The molecule has 2 nitrogen and oxygen atoms in total. The fourth-order valence-electron chi connectivity index (χ4n) is 3.21. The number of thiophene rings is 1. The highest BCUT2D eigenvalue weighted by atomic mass is 32.1. The van der Waals surface area contributed by atoms with E-state index >= 15 is 0 Å². The minimum Gasteiger partial charge on any atom is -0.399 e. The third kappa shape index (κ3) is 4.86. The summed E-state index contributed by atoms with van der Waals surface area (Å²) in [6.45, 7) is 13.1. The summed E-state index contributed by atoms with van der Waals surface area (Å²) >= 11 is 1.88. The predicted octanol–water partition coefficient (Wildman–Crippen LogP) is 5.59. The normalized spacial score (nSPS) is 19.4. The molecule has 1 aromatic rings. The maximum atomic E-state index is 6.19. The highest BCUT2D eigenvalue weighted by Crippen LogP contribution is 2.37. The van der Waals surface area contributed by atoms with Crippen molar-refractivity contribution in [3.8, 4) is 0 Å². The van der Waals surface area contributed by atoms with Gasteiger partial charge in [-0.05, 0) is 46.1 Å². The zero-order chi connectivity index (χ0) is 17.8. The maximum Gasteiger partial charge on any atom is 0.505 e. The Hall–Kier alpha value is -0.315. The molecule has 1 aromatic heterocycles. The Balaban J connectivity index is 1.99. The molecule has 1 saturated heterocycles. The lowest BCUT2D eigenvalue weighted by Gasteiger charge is -2.32. The highest BCUT2D eigenvalue weighted by Gasteiger charge is 2.52. The molecular formula is C20H35BO2S. The van der Waals surface area contributed by atoms with Crippen LogP contribution in [-0.2, 0) is 15.7 Å². The lowest BCUT2D eigenvalue weighted by Crippen LogP contribution is -2.41. The Labute approximate surface area is 153 Å². The molecule has 24 heavy (non-hydrogen) atoms. The van der Waals surface area contributed by atoms with E-state index in [0.29, 0.717) is 0 Å². The summed E-state index contributed by atoms with van der Waals surface area (Å²) in [5, 5.41) is 0. The summed E-state index contributed by atoms with van der Waals surface area (Å²) in [5.74, 6) is 0.828. The molecule has 0 spiro atoms. The van der Waals surface area contributed by atoms with Gasteiger partial charge in [-0.2, -0.15) is 0 Å². The molecule has 1 fully saturated rings. The first-order valence-electron chi connectivity index (χ1n) is 9.73. The highest BCUT2D eigenvalue weighted by molar-refractivity contribution is 7.22. The number of unbranched alkanes of at least 4 members (excludes halogenated alkanes) is 2. The van der Waals surface area contributed by atoms with Crippen LogP contribution in [0.15, 0.2) is 12.1 Å². The third-order valence-corrected chi connectivity index (χ3v) is 6.72. The molecule has 0 radical (unpaired) electrons. The van der Waals surface area contributed by atoms with Crippen LogP contribution in [0, 0.1) is 5.92 Å². The van der Waals surface area contributed by atoms with Gasteiger partial charge in [-0.3, -0.25) is 0 Å². The summed E-state index contributed by atoms with van der Waals surface area (Å²) in [5.41, 5.74) is -0.515. The first-order chi connectivity index (χ1) is 11.3. The molecule has 0 aromatic carbocycles. The van der Waals surface area contributed by atoms with E-state index in [1.165, 1.54) is 54.6 Å². The number of hydrogen-bond acceptors (Lipinski definition) is 3. The smallest absolute Gasteiger partial charge is 0.399 e. The first kappa shape index (κ1) is 20.0. The van der Waals surface area contributed by atoms with E-state index in [2.05, 4.69) is 53.7 Å². The van der Waals surface area contributed by atoms with Crippen LogP contribution < -0.4 is 4.78 Å². The van der Waals surface area contributed by atoms with E-state index in [4.69, 9.17) is 9.31 Å². The van der Waals surface area contributed by atoms with E-state index in [9.17, 15) is 0 Å². The maximum absolute atomic E-state index is 6.19. The molecule has 0 unspecified atom stereocenters. The van der Waals surface area contributed by atoms with Crippen molar-refractivity contribution in [1.82, 2.24) is 0 Å². The Morgan fingerprint density at radius 1 is 0.958 bits per heavy atom. The van der Waals surface area contributed by atoms with E-state index in [-0.39, 0.29) is 18.3 Å². The molecule has 1 aliphatic heterocycles. The van der Waals surface area contributed by atoms with E-state index < -0.39 is 0 Å². The van der Waals surface area contributed by atoms with Gasteiger partial charge in [0.1, 0.15) is 0 Å². The van der Waals surface area contributed by atoms with Crippen LogP contribution in [0.25, 0.3) is 0 Å². The summed E-state index contributed by atoms with van der Waals surface area (Å²) in [6.07, 6.45) is 9.23. The predicted molar refractivity (Wildman–Crippen MR) is 106 cm³/mol. The van der Waals surface area contributed by atoms with Crippen molar-refractivity contribution < 1.29 is 9.31 Å². The van der Waals surface area contributed by atoms with E-state index in [0.717, 1.165) is 5.92 Å². The summed E-state index contributed by atoms with van der Waals surface area (Å²) in [6, 6.07) is 4.49. The summed E-state index contributed by atoms with van der Waals surface area (Å²) in [4.78, 5) is 1.48. The summed E-state index contributed by atoms with van der Waals surface area (Å²) in [7, 11) is -0.210. The van der Waals surface area contributed by atoms with Gasteiger partial charge in [0.05, 0.1) is 11.2 Å². The number of rotatable bonds is 9. The lowest BCUT2D eigenvalue weighted by molar-refractivity contribution is 0.00578. The van der Waals surface area contributed by atoms with Crippen LogP contribution in [0.3, 0.4) is 0 Å². The molecule has 0 aliphatic carbocycles. The summed E-state index contributed by atoms with van der Waals surface area (Å²) < 4.78 is 13.6. The standard InChI is InChI=1S/C20H35BO2S/c1-7-9-11-16(12-10-8-2)15-17-13-14-18(24-17)21-22-19(3,4)20(5,6)23-21/h13-14,16H,7-12,15H2,1-6H3. The topological polar surface area (TPSA) is 18.5 Å². The zero-order valence-corrected chi connectivity index (χ0v) is 17.3. The molecule has 0 atom stereocenters. The molecule has 2 heterocycles. The van der Waals surface area contributed by atoms with Gasteiger partial charge in [0.15, 0.2) is 0 Å². The van der Waals surface area contributed by atoms with Crippen LogP contribution in [0.2, 0.25) is 0 Å². The SMILES string of the molecule is CCCCC(CCCC)Cc1ccc(B2OC(C)(C)C(C)(C)O2)s1. The first-order valence-corrected chi connectivity index (χ1v) is 10.5. The van der Waals surface area contributed by atoms with Crippen molar-refractivity contribution in [3.63, 3.8) is 0 Å². The quantitative estimate of drug-likeness (QED) is 0.541. The molecule has 136 valence electrons. The largest absolute Gasteiger partial charge is 0.505 e. The monoisotopic (exact) mass is 350 g/mol. The van der Waals surface area contributed by atoms with Crippen LogP contribution in [0.1, 0.15) is 84.9 Å². The second-order valence-corrected chi connectivity index (χ2v) is 9.45. The van der Waals surface area contributed by atoms with Gasteiger partial charge in [-0.1, -0.05) is 58.4 Å². The van der Waals surface area contributed by atoms with Gasteiger partial charge in [0.25, 0.3) is 0 Å². The Morgan fingerprint density at radius 3 is 2.00 bits per heavy atom. The van der Waals surface area contributed by atoms with Gasteiger partial charge in [-0.25, -0.2) is 0 Å². The molecule has 0 amide bonds. The van der Waals surface area contributed by atoms with Crippen molar-refractivity contribution in [2.24, 2.45) is 5.92 Å². The molecular weight excluding hydrogens is 315 g/mol. The zero-order valence-electron chi connectivity index (χ0n) is 16.5. The third-order valence-electron chi connectivity index (χ3n) is 5.59. The van der Waals surface area contributed by atoms with E-state index in [1.54, 1.807) is 0 Å². The Kier molecular flexibility index (Phi) is 6.98. The van der Waals surface area contributed by atoms with Crippen molar-refractivity contribution in [3.05, 3.63) is 17.0 Å². The minimum atomic E-state index is -0.257. The fourth-order valence-corrected chi connectivity index (χ4v) is 4.30. The molecule has 0 saturated carbocycles. The molecule has 4 heteroatoms. The molecule has 0 bridgehead atoms. The van der Waals surface area contributed by atoms with Crippen molar-refractivity contribution in [2.45, 2.75) is 97.7 Å². The average Bonchev–Trinajstić information content (AvgIpc) is 3.04. The molecule has 1 aliphatic rings. The van der Waals surface area contributed by atoms with Gasteiger partial charge in [-0.15, -0.1) is 11.3 Å². The fraction of sp³-hybridized carbons (Fsp3) is 0.800. The second kappa shape index (κ2) is 8.38. The van der Waals surface area contributed by atoms with Gasteiger partial charge in [0.2, 0.25) is 0 Å². The Bertz CT molecular complexity index is 485. The Morgan fingerprint density at radius 2 is 1.50 bits per heavy atom. The molecule has 2 rings (SSSR count). The van der Waals surface area contributed by atoms with Crippen LogP contribution in [0.5, 0.6) is 0 Å². The van der Waals surface area contributed by atoms with Gasteiger partial charge in [0, 0.05) is 9.65 Å². The van der Waals surface area contributed by atoms with Crippen LogP contribution in [-0.4, -0.2) is 18.3 Å². The van der Waals surface area contributed by atoms with Crippen molar-refractivity contribution in [1.29, 1.82) is 0 Å². The average molecular weight is 350 g/mol. The van der Waals surface area contributed by atoms with Crippen molar-refractivity contribution in [2.75, 3.05) is 0 Å². The minimum absolute atomic E-state index is 0.210. The number of hydrogen-bond donors (Lipinski definition) is 0. The van der Waals surface area contributed by atoms with Crippen LogP contribution in [0.4, 0.5) is 0 Å². The van der Waals surface area contributed by atoms with Gasteiger partial charge >= 0.3 is 7.12 Å². The van der Waals surface area contributed by atoms with Crippen LogP contribution >= 0.6 is 11.3 Å².